The molecule has 2 heterocycles. The molecule has 1 atom stereocenters. The van der Waals surface area contributed by atoms with Crippen molar-refractivity contribution in [3.8, 4) is 17.1 Å². The molecular formula is C20H20N4OS. The van der Waals surface area contributed by atoms with E-state index in [1.807, 2.05) is 35.9 Å². The average Bonchev–Trinajstić information content (AvgIpc) is 3.05. The van der Waals surface area contributed by atoms with E-state index in [1.54, 1.807) is 11.8 Å². The van der Waals surface area contributed by atoms with E-state index in [9.17, 15) is 0 Å². The first-order valence-corrected chi connectivity index (χ1v) is 9.55. The number of hydrogen-bond donors (Lipinski definition) is 0. The molecule has 0 fully saturated rings. The number of aryl methyl sites for hydroxylation is 1. The van der Waals surface area contributed by atoms with Gasteiger partial charge in [0, 0.05) is 5.56 Å². The minimum atomic E-state index is 0.225. The van der Waals surface area contributed by atoms with E-state index in [2.05, 4.69) is 48.3 Å². The molecule has 6 heteroatoms. The van der Waals surface area contributed by atoms with Crippen molar-refractivity contribution in [3.05, 3.63) is 59.7 Å². The second-order valence-electron chi connectivity index (χ2n) is 6.19. The van der Waals surface area contributed by atoms with E-state index < -0.39 is 0 Å². The van der Waals surface area contributed by atoms with Crippen molar-refractivity contribution >= 4 is 17.5 Å². The molecular weight excluding hydrogens is 344 g/mol. The second kappa shape index (κ2) is 6.96. The molecule has 0 N–H and O–H groups in total. The van der Waals surface area contributed by atoms with Crippen molar-refractivity contribution in [3.63, 3.8) is 0 Å². The van der Waals surface area contributed by atoms with Crippen LogP contribution in [0.3, 0.4) is 0 Å². The Hall–Kier alpha value is -2.60. The summed E-state index contributed by atoms with van der Waals surface area (Å²) < 4.78 is 7.36. The van der Waals surface area contributed by atoms with Crippen LogP contribution in [0.4, 0.5) is 0 Å². The Labute approximate surface area is 157 Å². The topological polar surface area (TPSA) is 52.3 Å². The van der Waals surface area contributed by atoms with Gasteiger partial charge in [0.2, 0.25) is 5.16 Å². The Morgan fingerprint density at radius 3 is 2.38 bits per heavy atom. The van der Waals surface area contributed by atoms with Crippen LogP contribution in [0.15, 0.2) is 58.8 Å². The third-order valence-corrected chi connectivity index (χ3v) is 5.30. The van der Waals surface area contributed by atoms with E-state index in [1.165, 1.54) is 5.56 Å². The summed E-state index contributed by atoms with van der Waals surface area (Å²) in [4.78, 5) is 0. The van der Waals surface area contributed by atoms with Gasteiger partial charge in [-0.1, -0.05) is 41.6 Å². The maximum atomic E-state index is 5.51. The van der Waals surface area contributed by atoms with E-state index in [0.717, 1.165) is 33.6 Å². The Kier molecular flexibility index (Phi) is 4.51. The van der Waals surface area contributed by atoms with Crippen LogP contribution in [0, 0.1) is 6.92 Å². The standard InChI is InChI=1S/C20H20N4OS/c1-4-25-17-11-9-16(10-12-17)19-21-22-20-24(19)23-18(14(3)26-20)15-7-5-13(2)6-8-15/h5-12,14H,4H2,1-3H3/t14-/m1/s1. The highest BCUT2D eigenvalue weighted by Crippen LogP contribution is 2.33. The van der Waals surface area contributed by atoms with Crippen LogP contribution in [0.25, 0.3) is 11.4 Å². The number of benzene rings is 2. The number of hydrogen-bond acceptors (Lipinski definition) is 5. The van der Waals surface area contributed by atoms with Crippen LogP contribution in [-0.2, 0) is 0 Å². The molecule has 0 saturated carbocycles. The Morgan fingerprint density at radius 1 is 1.00 bits per heavy atom. The minimum Gasteiger partial charge on any atom is -0.494 e. The van der Waals surface area contributed by atoms with Crippen molar-refractivity contribution in [2.24, 2.45) is 5.10 Å². The van der Waals surface area contributed by atoms with Crippen molar-refractivity contribution in [1.82, 2.24) is 14.9 Å². The van der Waals surface area contributed by atoms with Crippen molar-refractivity contribution in [2.75, 3.05) is 6.61 Å². The molecule has 26 heavy (non-hydrogen) atoms. The number of thioether (sulfide) groups is 1. The highest BCUT2D eigenvalue weighted by Gasteiger charge is 2.26. The highest BCUT2D eigenvalue weighted by molar-refractivity contribution is 8.00. The van der Waals surface area contributed by atoms with Gasteiger partial charge in [0.05, 0.1) is 17.6 Å². The summed E-state index contributed by atoms with van der Waals surface area (Å²) in [5.74, 6) is 1.59. The number of rotatable bonds is 4. The van der Waals surface area contributed by atoms with Gasteiger partial charge >= 0.3 is 0 Å². The van der Waals surface area contributed by atoms with E-state index in [-0.39, 0.29) is 5.25 Å². The van der Waals surface area contributed by atoms with Crippen LogP contribution in [0.5, 0.6) is 5.75 Å². The van der Waals surface area contributed by atoms with Crippen LogP contribution < -0.4 is 4.74 Å². The summed E-state index contributed by atoms with van der Waals surface area (Å²) in [7, 11) is 0. The van der Waals surface area contributed by atoms with Gasteiger partial charge in [-0.15, -0.1) is 10.2 Å². The summed E-state index contributed by atoms with van der Waals surface area (Å²) in [6.07, 6.45) is 0. The van der Waals surface area contributed by atoms with E-state index in [4.69, 9.17) is 9.84 Å². The number of aromatic nitrogens is 3. The molecule has 0 saturated heterocycles. The largest absolute Gasteiger partial charge is 0.494 e. The van der Waals surface area contributed by atoms with Crippen LogP contribution in [-0.4, -0.2) is 32.4 Å². The number of nitrogens with zero attached hydrogens (tertiary/aromatic N) is 4. The first-order valence-electron chi connectivity index (χ1n) is 8.67. The van der Waals surface area contributed by atoms with Gasteiger partial charge in [0.25, 0.3) is 0 Å². The van der Waals surface area contributed by atoms with Gasteiger partial charge < -0.3 is 4.74 Å². The molecule has 0 aliphatic carbocycles. The maximum Gasteiger partial charge on any atom is 0.213 e. The zero-order valence-electron chi connectivity index (χ0n) is 15.0. The van der Waals surface area contributed by atoms with Gasteiger partial charge in [-0.25, -0.2) is 0 Å². The molecule has 0 spiro atoms. The highest BCUT2D eigenvalue weighted by atomic mass is 32.2. The van der Waals surface area contributed by atoms with Gasteiger partial charge in [-0.05, 0) is 50.6 Å². The minimum absolute atomic E-state index is 0.225. The van der Waals surface area contributed by atoms with Crippen molar-refractivity contribution < 1.29 is 4.74 Å². The second-order valence-corrected chi connectivity index (χ2v) is 7.49. The van der Waals surface area contributed by atoms with Crippen LogP contribution in [0.1, 0.15) is 25.0 Å². The molecule has 1 aliphatic rings. The van der Waals surface area contributed by atoms with Crippen LogP contribution in [0.2, 0.25) is 0 Å². The van der Waals surface area contributed by atoms with Gasteiger partial charge in [0.1, 0.15) is 5.75 Å². The lowest BCUT2D eigenvalue weighted by Crippen LogP contribution is -2.21. The van der Waals surface area contributed by atoms with Crippen molar-refractivity contribution in [2.45, 2.75) is 31.2 Å². The molecule has 132 valence electrons. The molecule has 1 aliphatic heterocycles. The normalized spacial score (nSPS) is 16.1. The Morgan fingerprint density at radius 2 is 1.69 bits per heavy atom. The molecule has 0 bridgehead atoms. The van der Waals surface area contributed by atoms with E-state index in [0.29, 0.717) is 6.61 Å². The monoisotopic (exact) mass is 364 g/mol. The Bertz CT molecular complexity index is 945. The Balaban J connectivity index is 1.74. The zero-order valence-corrected chi connectivity index (χ0v) is 15.8. The lowest BCUT2D eigenvalue weighted by Gasteiger charge is -2.20. The SMILES string of the molecule is CCOc1ccc(-c2nnc3n2N=C(c2ccc(C)cc2)[C@@H](C)S3)cc1. The number of ether oxygens (including phenoxy) is 1. The predicted octanol–water partition coefficient (Wildman–Crippen LogP) is 4.40. The molecule has 2 aromatic carbocycles. The van der Waals surface area contributed by atoms with Crippen LogP contribution >= 0.6 is 11.8 Å². The predicted molar refractivity (Wildman–Crippen MR) is 105 cm³/mol. The fourth-order valence-electron chi connectivity index (χ4n) is 2.90. The smallest absolute Gasteiger partial charge is 0.213 e. The summed E-state index contributed by atoms with van der Waals surface area (Å²) >= 11 is 1.68. The van der Waals surface area contributed by atoms with Gasteiger partial charge in [-0.2, -0.15) is 9.78 Å². The fourth-order valence-corrected chi connectivity index (χ4v) is 3.82. The molecule has 0 amide bonds. The molecule has 5 nitrogen and oxygen atoms in total. The maximum absolute atomic E-state index is 5.51. The zero-order chi connectivity index (χ0) is 18.1. The first-order chi connectivity index (χ1) is 12.7. The lowest BCUT2D eigenvalue weighted by atomic mass is 10.1. The molecule has 0 radical (unpaired) electrons. The summed E-state index contributed by atoms with van der Waals surface area (Å²) in [5.41, 5.74) is 4.38. The molecule has 0 unspecified atom stereocenters. The third kappa shape index (κ3) is 3.12. The third-order valence-electron chi connectivity index (χ3n) is 4.26. The van der Waals surface area contributed by atoms with Gasteiger partial charge in [-0.3, -0.25) is 0 Å². The summed E-state index contributed by atoms with van der Waals surface area (Å²) in [6, 6.07) is 16.4. The molecule has 3 aromatic rings. The lowest BCUT2D eigenvalue weighted by molar-refractivity contribution is 0.340. The summed E-state index contributed by atoms with van der Waals surface area (Å²) in [5, 5.41) is 14.6. The molecule has 4 rings (SSSR count). The average molecular weight is 364 g/mol. The van der Waals surface area contributed by atoms with E-state index >= 15 is 0 Å². The first kappa shape index (κ1) is 16.8. The van der Waals surface area contributed by atoms with Crippen molar-refractivity contribution in [1.29, 1.82) is 0 Å². The summed E-state index contributed by atoms with van der Waals surface area (Å²) in [6.45, 7) is 6.87. The molecule has 1 aromatic heterocycles. The quantitative estimate of drug-likeness (QED) is 0.688. The number of fused-ring (bicyclic) bond motifs is 1. The fraction of sp³-hybridized carbons (Fsp3) is 0.250. The van der Waals surface area contributed by atoms with Gasteiger partial charge in [0.15, 0.2) is 5.82 Å².